The van der Waals surface area contributed by atoms with E-state index in [1.165, 1.54) is 0 Å². The molecule has 1 rings (SSSR count). The van der Waals surface area contributed by atoms with Crippen LogP contribution in [-0.4, -0.2) is 11.3 Å². The van der Waals surface area contributed by atoms with Gasteiger partial charge in [-0.1, -0.05) is 0 Å². The van der Waals surface area contributed by atoms with Crippen molar-refractivity contribution in [1.29, 1.82) is 0 Å². The summed E-state index contributed by atoms with van der Waals surface area (Å²) >= 11 is 0. The Morgan fingerprint density at radius 1 is 1.58 bits per heavy atom. The molecule has 0 amide bonds. The molecule has 0 saturated heterocycles. The summed E-state index contributed by atoms with van der Waals surface area (Å²) in [7, 11) is 0. The number of aromatic nitrogens is 1. The van der Waals surface area contributed by atoms with Gasteiger partial charge in [-0.15, -0.1) is 0 Å². The highest BCUT2D eigenvalue weighted by Gasteiger charge is 2.05. The topological polar surface area (TPSA) is 56.0 Å². The zero-order valence-electron chi connectivity index (χ0n) is 7.29. The average molecular weight is 164 g/mol. The second-order valence-electron chi connectivity index (χ2n) is 2.77. The third-order valence-electron chi connectivity index (χ3n) is 1.82. The van der Waals surface area contributed by atoms with Crippen molar-refractivity contribution >= 4 is 6.29 Å². The van der Waals surface area contributed by atoms with Gasteiger partial charge in [-0.2, -0.15) is 0 Å². The van der Waals surface area contributed by atoms with Crippen LogP contribution in [0.3, 0.4) is 0 Å². The van der Waals surface area contributed by atoms with Crippen molar-refractivity contribution in [3.63, 3.8) is 0 Å². The van der Waals surface area contributed by atoms with E-state index in [0.717, 1.165) is 23.1 Å². The lowest BCUT2D eigenvalue weighted by atomic mass is 10.1. The number of aryl methyl sites for hydroxylation is 2. The van der Waals surface area contributed by atoms with E-state index in [4.69, 9.17) is 5.73 Å². The van der Waals surface area contributed by atoms with E-state index >= 15 is 0 Å². The molecule has 0 aliphatic heterocycles. The third-order valence-corrected chi connectivity index (χ3v) is 1.82. The number of hydrogen-bond acceptors (Lipinski definition) is 3. The Hall–Kier alpha value is -1.22. The summed E-state index contributed by atoms with van der Waals surface area (Å²) in [5.74, 6) is 0. The van der Waals surface area contributed by atoms with Crippen molar-refractivity contribution < 1.29 is 4.79 Å². The Morgan fingerprint density at radius 2 is 2.25 bits per heavy atom. The van der Waals surface area contributed by atoms with Crippen molar-refractivity contribution in [3.8, 4) is 0 Å². The number of carbonyl (C=O) groups is 1. The molecule has 0 spiro atoms. The fraction of sp³-hybridized carbons (Fsp3) is 0.333. The zero-order valence-corrected chi connectivity index (χ0v) is 7.29. The number of pyridine rings is 1. The molecule has 1 heterocycles. The van der Waals surface area contributed by atoms with Gasteiger partial charge in [0.1, 0.15) is 5.69 Å². The van der Waals surface area contributed by atoms with Gasteiger partial charge in [0.2, 0.25) is 0 Å². The van der Waals surface area contributed by atoms with Gasteiger partial charge in [-0.3, -0.25) is 4.79 Å². The number of aldehydes is 1. The van der Waals surface area contributed by atoms with Gasteiger partial charge < -0.3 is 5.73 Å². The summed E-state index contributed by atoms with van der Waals surface area (Å²) < 4.78 is 0. The first-order valence-corrected chi connectivity index (χ1v) is 3.81. The minimum absolute atomic E-state index is 0.368. The Labute approximate surface area is 71.6 Å². The van der Waals surface area contributed by atoms with Crippen molar-refractivity contribution in [2.75, 3.05) is 0 Å². The Balaban J connectivity index is 3.33. The SMILES string of the molecule is Cc1cc(C)c(CN)c(C=O)n1. The number of rotatable bonds is 2. The molecule has 0 unspecified atom stereocenters. The van der Waals surface area contributed by atoms with Crippen LogP contribution in [0.5, 0.6) is 0 Å². The predicted molar refractivity (Wildman–Crippen MR) is 47.0 cm³/mol. The maximum Gasteiger partial charge on any atom is 0.168 e. The molecule has 0 fully saturated rings. The van der Waals surface area contributed by atoms with Gasteiger partial charge >= 0.3 is 0 Å². The minimum Gasteiger partial charge on any atom is -0.326 e. The highest BCUT2D eigenvalue weighted by atomic mass is 16.1. The Kier molecular flexibility index (Phi) is 2.55. The molecule has 0 radical (unpaired) electrons. The van der Waals surface area contributed by atoms with Gasteiger partial charge in [0.05, 0.1) is 0 Å². The highest BCUT2D eigenvalue weighted by Crippen LogP contribution is 2.11. The molecular weight excluding hydrogens is 152 g/mol. The second kappa shape index (κ2) is 3.45. The molecule has 0 aliphatic carbocycles. The summed E-state index contributed by atoms with van der Waals surface area (Å²) in [6, 6.07) is 1.93. The summed E-state index contributed by atoms with van der Waals surface area (Å²) in [6.45, 7) is 4.16. The lowest BCUT2D eigenvalue weighted by molar-refractivity contribution is 0.111. The molecule has 12 heavy (non-hydrogen) atoms. The van der Waals surface area contributed by atoms with E-state index in [0.29, 0.717) is 12.2 Å². The molecule has 0 aromatic carbocycles. The van der Waals surface area contributed by atoms with Crippen LogP contribution in [0.2, 0.25) is 0 Å². The lowest BCUT2D eigenvalue weighted by Crippen LogP contribution is -2.06. The maximum atomic E-state index is 10.6. The largest absolute Gasteiger partial charge is 0.326 e. The average Bonchev–Trinajstić information content (AvgIpc) is 2.03. The predicted octanol–water partition coefficient (Wildman–Crippen LogP) is 0.970. The smallest absolute Gasteiger partial charge is 0.168 e. The molecule has 0 saturated carbocycles. The third kappa shape index (κ3) is 1.51. The van der Waals surface area contributed by atoms with Gasteiger partial charge in [0.15, 0.2) is 6.29 Å². The molecule has 0 aliphatic rings. The highest BCUT2D eigenvalue weighted by molar-refractivity contribution is 5.75. The molecule has 3 nitrogen and oxygen atoms in total. The molecular formula is C9H12N2O. The molecule has 2 N–H and O–H groups in total. The Bertz CT molecular complexity index is 308. The van der Waals surface area contributed by atoms with Gasteiger partial charge in [-0.05, 0) is 31.0 Å². The van der Waals surface area contributed by atoms with E-state index in [1.54, 1.807) is 0 Å². The van der Waals surface area contributed by atoms with Crippen LogP contribution >= 0.6 is 0 Å². The normalized spacial score (nSPS) is 9.92. The molecule has 64 valence electrons. The molecule has 1 aromatic heterocycles. The van der Waals surface area contributed by atoms with Crippen LogP contribution in [0.1, 0.15) is 27.3 Å². The minimum atomic E-state index is 0.368. The molecule has 0 atom stereocenters. The van der Waals surface area contributed by atoms with Crippen LogP contribution in [0.15, 0.2) is 6.07 Å². The first kappa shape index (κ1) is 8.87. The van der Waals surface area contributed by atoms with E-state index in [2.05, 4.69) is 4.98 Å². The fourth-order valence-corrected chi connectivity index (χ4v) is 1.26. The lowest BCUT2D eigenvalue weighted by Gasteiger charge is -2.05. The standard InChI is InChI=1S/C9H12N2O/c1-6-3-7(2)11-9(5-12)8(6)4-10/h3,5H,4,10H2,1-2H3. The van der Waals surface area contributed by atoms with Crippen LogP contribution in [0.25, 0.3) is 0 Å². The summed E-state index contributed by atoms with van der Waals surface area (Å²) in [4.78, 5) is 14.6. The summed E-state index contributed by atoms with van der Waals surface area (Å²) in [5, 5.41) is 0. The van der Waals surface area contributed by atoms with Crippen LogP contribution in [0.4, 0.5) is 0 Å². The number of carbonyl (C=O) groups excluding carboxylic acids is 1. The summed E-state index contributed by atoms with van der Waals surface area (Å²) in [6.07, 6.45) is 0.752. The first-order valence-electron chi connectivity index (χ1n) is 3.81. The monoisotopic (exact) mass is 164 g/mol. The van der Waals surface area contributed by atoms with Crippen LogP contribution in [0, 0.1) is 13.8 Å². The van der Waals surface area contributed by atoms with Crippen LogP contribution in [-0.2, 0) is 6.54 Å². The van der Waals surface area contributed by atoms with E-state index < -0.39 is 0 Å². The van der Waals surface area contributed by atoms with Crippen molar-refractivity contribution in [2.24, 2.45) is 5.73 Å². The molecule has 3 heteroatoms. The first-order chi connectivity index (χ1) is 5.69. The van der Waals surface area contributed by atoms with Gasteiger partial charge in [0, 0.05) is 12.2 Å². The van der Waals surface area contributed by atoms with Gasteiger partial charge in [-0.25, -0.2) is 4.98 Å². The van der Waals surface area contributed by atoms with Crippen molar-refractivity contribution in [3.05, 3.63) is 28.6 Å². The van der Waals surface area contributed by atoms with Crippen molar-refractivity contribution in [1.82, 2.24) is 4.98 Å². The van der Waals surface area contributed by atoms with E-state index in [1.807, 2.05) is 19.9 Å². The number of nitrogens with zero attached hydrogens (tertiary/aromatic N) is 1. The maximum absolute atomic E-state index is 10.6. The quantitative estimate of drug-likeness (QED) is 0.662. The van der Waals surface area contributed by atoms with E-state index in [-0.39, 0.29) is 0 Å². The number of nitrogens with two attached hydrogens (primary N) is 1. The summed E-state index contributed by atoms with van der Waals surface area (Å²) in [5.41, 5.74) is 8.68. The molecule has 0 bridgehead atoms. The van der Waals surface area contributed by atoms with Crippen molar-refractivity contribution in [2.45, 2.75) is 20.4 Å². The van der Waals surface area contributed by atoms with Crippen LogP contribution < -0.4 is 5.73 Å². The van der Waals surface area contributed by atoms with Gasteiger partial charge in [0.25, 0.3) is 0 Å². The van der Waals surface area contributed by atoms with E-state index in [9.17, 15) is 4.79 Å². The zero-order chi connectivity index (χ0) is 9.14. The molecule has 1 aromatic rings. The number of hydrogen-bond donors (Lipinski definition) is 1. The fourth-order valence-electron chi connectivity index (χ4n) is 1.26. The Morgan fingerprint density at radius 3 is 2.75 bits per heavy atom. The second-order valence-corrected chi connectivity index (χ2v) is 2.77.